The molecule has 1 spiro atoms. The van der Waals surface area contributed by atoms with E-state index in [2.05, 4.69) is 17.5 Å². The van der Waals surface area contributed by atoms with Crippen molar-refractivity contribution in [2.45, 2.75) is 108 Å². The van der Waals surface area contributed by atoms with Crippen LogP contribution in [0.25, 0.3) is 0 Å². The molecule has 4 heterocycles. The van der Waals surface area contributed by atoms with E-state index < -0.39 is 17.2 Å². The van der Waals surface area contributed by atoms with Crippen molar-refractivity contribution in [3.05, 3.63) is 23.8 Å². The fourth-order valence-electron chi connectivity index (χ4n) is 9.00. The lowest BCUT2D eigenvalue weighted by Crippen LogP contribution is -2.64. The summed E-state index contributed by atoms with van der Waals surface area (Å²) in [6.07, 6.45) is 12.1. The van der Waals surface area contributed by atoms with Crippen molar-refractivity contribution in [2.75, 3.05) is 26.2 Å². The third-order valence-electron chi connectivity index (χ3n) is 11.5. The fraction of sp³-hybridized carbons (Fsp3) is 0.788. The Morgan fingerprint density at radius 3 is 2.77 bits per heavy atom. The lowest BCUT2D eigenvalue weighted by atomic mass is 9.58. The number of carbonyl (C=O) groups is 3. The van der Waals surface area contributed by atoms with Gasteiger partial charge in [-0.25, -0.2) is 4.79 Å². The summed E-state index contributed by atoms with van der Waals surface area (Å²) < 4.78 is 19.6. The molecular formula is C33H49N3O7. The number of esters is 2. The summed E-state index contributed by atoms with van der Waals surface area (Å²) in [5.74, 6) is 0.185. The molecule has 4 N–H and O–H groups in total. The normalized spacial score (nSPS) is 42.6. The number of aliphatic hydroxyl groups is 1. The largest absolute Gasteiger partial charge is 0.462 e. The van der Waals surface area contributed by atoms with E-state index in [1.807, 2.05) is 11.8 Å². The van der Waals surface area contributed by atoms with Gasteiger partial charge in [0.15, 0.2) is 0 Å². The summed E-state index contributed by atoms with van der Waals surface area (Å²) in [6, 6.07) is 0. The number of likely N-dealkylation sites (tertiary alicyclic amines) is 1. The lowest BCUT2D eigenvalue weighted by molar-refractivity contribution is -0.227. The number of aliphatic hydroxyl groups excluding tert-OH is 1. The van der Waals surface area contributed by atoms with Gasteiger partial charge in [0, 0.05) is 69.8 Å². The summed E-state index contributed by atoms with van der Waals surface area (Å²) in [4.78, 5) is 40.9. The van der Waals surface area contributed by atoms with Crippen LogP contribution in [0.2, 0.25) is 0 Å². The van der Waals surface area contributed by atoms with Crippen LogP contribution in [0.1, 0.15) is 78.1 Å². The van der Waals surface area contributed by atoms with Gasteiger partial charge in [0.2, 0.25) is 5.91 Å². The first-order valence-corrected chi connectivity index (χ1v) is 16.5. The lowest BCUT2D eigenvalue weighted by Gasteiger charge is -2.55. The van der Waals surface area contributed by atoms with E-state index in [-0.39, 0.29) is 66.9 Å². The van der Waals surface area contributed by atoms with Crippen molar-refractivity contribution in [3.63, 3.8) is 0 Å². The summed E-state index contributed by atoms with van der Waals surface area (Å²) in [7, 11) is 0. The highest BCUT2D eigenvalue weighted by Crippen LogP contribution is 2.59. The van der Waals surface area contributed by atoms with E-state index in [1.54, 1.807) is 13.0 Å². The van der Waals surface area contributed by atoms with E-state index >= 15 is 0 Å². The van der Waals surface area contributed by atoms with Crippen molar-refractivity contribution < 1.29 is 33.7 Å². The number of carbonyl (C=O) groups excluding carboxylic acids is 3. The van der Waals surface area contributed by atoms with Gasteiger partial charge < -0.3 is 35.3 Å². The summed E-state index contributed by atoms with van der Waals surface area (Å²) in [5, 5.41) is 13.0. The molecule has 0 aromatic heterocycles. The molecule has 10 nitrogen and oxygen atoms in total. The minimum Gasteiger partial charge on any atom is -0.462 e. The minimum atomic E-state index is -0.979. The molecular weight excluding hydrogens is 550 g/mol. The Balaban J connectivity index is 1.35. The molecule has 6 rings (SSSR count). The van der Waals surface area contributed by atoms with Crippen LogP contribution >= 0.6 is 0 Å². The molecule has 1 amide bonds. The molecule has 0 bridgehead atoms. The van der Waals surface area contributed by atoms with Gasteiger partial charge in [-0.3, -0.25) is 9.59 Å². The van der Waals surface area contributed by atoms with Gasteiger partial charge in [-0.1, -0.05) is 18.2 Å². The maximum atomic E-state index is 13.6. The van der Waals surface area contributed by atoms with Gasteiger partial charge in [0.25, 0.3) is 0 Å². The quantitative estimate of drug-likeness (QED) is 0.229. The molecule has 10 heteroatoms. The van der Waals surface area contributed by atoms with Crippen LogP contribution in [0.4, 0.5) is 0 Å². The zero-order valence-electron chi connectivity index (χ0n) is 25.7. The molecule has 0 aromatic carbocycles. The van der Waals surface area contributed by atoms with Crippen LogP contribution in [0, 0.1) is 29.6 Å². The second kappa shape index (κ2) is 12.3. The number of rotatable bonds is 7. The maximum Gasteiger partial charge on any atom is 0.334 e. The molecule has 7 unspecified atom stereocenters. The van der Waals surface area contributed by atoms with Crippen LogP contribution in [-0.2, 0) is 28.6 Å². The Hall–Kier alpha value is -2.27. The number of ether oxygens (including phenoxy) is 3. The number of nitrogens with zero attached hydrogens (tertiary/aromatic N) is 1. The first-order chi connectivity index (χ1) is 20.7. The fourth-order valence-corrected chi connectivity index (χ4v) is 9.00. The Morgan fingerprint density at radius 2 is 2.05 bits per heavy atom. The van der Waals surface area contributed by atoms with Crippen molar-refractivity contribution in [1.82, 2.24) is 10.2 Å². The number of nitrogens with one attached hydrogen (secondary N) is 1. The molecule has 4 aliphatic heterocycles. The van der Waals surface area contributed by atoms with E-state index in [4.69, 9.17) is 19.9 Å². The van der Waals surface area contributed by atoms with Crippen molar-refractivity contribution in [2.24, 2.45) is 35.3 Å². The SMILES string of the molecule is CC=C(CCO)C(=O)O[C@@]1(C)CC=C[C@@H](C2CC(N)NCC2CC(=O)N2CCC2)[C@@]12CC1CC3CCC(=O)OC3CC1O2. The molecule has 5 fully saturated rings. The highest BCUT2D eigenvalue weighted by atomic mass is 16.6. The third kappa shape index (κ3) is 5.69. The van der Waals surface area contributed by atoms with E-state index in [0.29, 0.717) is 50.1 Å². The molecule has 0 aromatic rings. The van der Waals surface area contributed by atoms with Crippen LogP contribution in [-0.4, -0.2) is 83.7 Å². The van der Waals surface area contributed by atoms with Crippen molar-refractivity contribution in [1.29, 1.82) is 0 Å². The number of piperidine rings is 1. The van der Waals surface area contributed by atoms with Crippen LogP contribution in [0.3, 0.4) is 0 Å². The number of nitrogens with two attached hydrogens (primary N) is 1. The Labute approximate surface area is 254 Å². The topological polar surface area (TPSA) is 140 Å². The van der Waals surface area contributed by atoms with E-state index in [0.717, 1.165) is 38.8 Å². The van der Waals surface area contributed by atoms with Crippen LogP contribution < -0.4 is 11.1 Å². The number of hydrogen-bond acceptors (Lipinski definition) is 9. The summed E-state index contributed by atoms with van der Waals surface area (Å²) >= 11 is 0. The first-order valence-electron chi connectivity index (χ1n) is 16.5. The average molecular weight is 600 g/mol. The monoisotopic (exact) mass is 599 g/mol. The molecule has 6 aliphatic rings. The van der Waals surface area contributed by atoms with E-state index in [1.165, 1.54) is 0 Å². The standard InChI is InChI=1S/C33H49N3O7/c1-3-20(9-13-37)31(40)43-32(2)10-4-6-25(24-16-28(34)35-19-23(24)15-29(38)36-11-5-12-36)33(32)18-22-14-21-7-8-30(39)41-26(21)17-27(22)42-33/h3-4,6,21-28,35,37H,5,7-19,34H2,1-2H3/t21?,22?,23?,24?,25-,26?,27?,28?,32-,33-/m0/s1. The number of amides is 1. The average Bonchev–Trinajstić information content (AvgIpc) is 3.31. The number of fused-ring (bicyclic) bond motifs is 2. The number of allylic oxidation sites excluding steroid dienone is 1. The Bertz CT molecular complexity index is 1150. The van der Waals surface area contributed by atoms with Gasteiger partial charge in [0.1, 0.15) is 17.3 Å². The van der Waals surface area contributed by atoms with E-state index in [9.17, 15) is 19.5 Å². The first kappa shape index (κ1) is 30.7. The summed E-state index contributed by atoms with van der Waals surface area (Å²) in [6.45, 7) is 5.94. The van der Waals surface area contributed by atoms with Gasteiger partial charge in [-0.2, -0.15) is 0 Å². The molecule has 2 aliphatic carbocycles. The molecule has 238 valence electrons. The van der Waals surface area contributed by atoms with Crippen molar-refractivity contribution in [3.8, 4) is 0 Å². The van der Waals surface area contributed by atoms with Gasteiger partial charge in [0.05, 0.1) is 12.3 Å². The molecule has 0 radical (unpaired) electrons. The van der Waals surface area contributed by atoms with Crippen LogP contribution in [0.5, 0.6) is 0 Å². The Morgan fingerprint density at radius 1 is 1.23 bits per heavy atom. The highest BCUT2D eigenvalue weighted by molar-refractivity contribution is 5.88. The highest BCUT2D eigenvalue weighted by Gasteiger charge is 2.66. The zero-order valence-corrected chi connectivity index (χ0v) is 25.7. The van der Waals surface area contributed by atoms with Crippen molar-refractivity contribution >= 4 is 17.8 Å². The van der Waals surface area contributed by atoms with Gasteiger partial charge >= 0.3 is 11.9 Å². The third-order valence-corrected chi connectivity index (χ3v) is 11.5. The molecule has 1 saturated carbocycles. The summed E-state index contributed by atoms with van der Waals surface area (Å²) in [5.41, 5.74) is 5.16. The minimum absolute atomic E-state index is 0.0509. The second-order valence-electron chi connectivity index (χ2n) is 14.0. The zero-order chi connectivity index (χ0) is 30.4. The van der Waals surface area contributed by atoms with Gasteiger partial charge in [-0.15, -0.1) is 0 Å². The smallest absolute Gasteiger partial charge is 0.334 e. The predicted octanol–water partition coefficient (Wildman–Crippen LogP) is 2.59. The predicted molar refractivity (Wildman–Crippen MR) is 158 cm³/mol. The second-order valence-corrected chi connectivity index (χ2v) is 14.0. The Kier molecular flexibility index (Phi) is 8.76. The molecule has 43 heavy (non-hydrogen) atoms. The molecule has 10 atom stereocenters. The molecule has 4 saturated heterocycles. The maximum absolute atomic E-state index is 13.6. The van der Waals surface area contributed by atoms with Crippen LogP contribution in [0.15, 0.2) is 23.8 Å². The van der Waals surface area contributed by atoms with Gasteiger partial charge in [-0.05, 0) is 69.6 Å². The number of hydrogen-bond donors (Lipinski definition) is 3.